The molecule has 10 heteroatoms. The van der Waals surface area contributed by atoms with Crippen LogP contribution in [0.2, 0.25) is 18.1 Å². The number of aliphatic carboxylic acids is 1. The molecule has 2 rings (SSSR count). The Morgan fingerprint density at radius 3 is 1.71 bits per heavy atom. The molecule has 0 saturated heterocycles. The Balaban J connectivity index is 2.38. The van der Waals surface area contributed by atoms with Gasteiger partial charge in [0.15, 0.2) is 8.32 Å². The summed E-state index contributed by atoms with van der Waals surface area (Å²) in [6.07, 6.45) is -1.94. The predicted octanol–water partition coefficient (Wildman–Crippen LogP) is 6.66. The molecule has 210 valence electrons. The molecule has 38 heavy (non-hydrogen) atoms. The lowest BCUT2D eigenvalue weighted by Crippen LogP contribution is -2.49. The van der Waals surface area contributed by atoms with Gasteiger partial charge in [0.05, 0.1) is 31.9 Å². The highest BCUT2D eigenvalue weighted by Crippen LogP contribution is 2.55. The van der Waals surface area contributed by atoms with E-state index in [4.69, 9.17) is 18.2 Å². The van der Waals surface area contributed by atoms with Crippen molar-refractivity contribution in [2.75, 3.05) is 13.3 Å². The number of carbonyl (C=O) groups excluding carboxylic acids is 1. The number of rotatable bonds is 14. The second-order valence-corrected chi connectivity index (χ2v) is 18.1. The summed E-state index contributed by atoms with van der Waals surface area (Å²) < 4.78 is 37.1. The van der Waals surface area contributed by atoms with Crippen LogP contribution in [0.1, 0.15) is 45.2 Å². The minimum absolute atomic E-state index is 0.00696. The Morgan fingerprint density at radius 2 is 1.34 bits per heavy atom. The van der Waals surface area contributed by atoms with Crippen LogP contribution >= 0.6 is 7.60 Å². The van der Waals surface area contributed by atoms with Crippen LogP contribution in [0.3, 0.4) is 0 Å². The Morgan fingerprint density at radius 1 is 0.895 bits per heavy atom. The number of ether oxygens (including phenoxy) is 1. The first-order valence-electron chi connectivity index (χ1n) is 12.6. The minimum atomic E-state index is -3.95. The molecule has 8 nitrogen and oxygen atoms in total. The zero-order valence-electron chi connectivity index (χ0n) is 23.4. The van der Waals surface area contributed by atoms with E-state index in [1.807, 2.05) is 94.5 Å². The van der Waals surface area contributed by atoms with Gasteiger partial charge in [0, 0.05) is 0 Å². The molecule has 2 aromatic carbocycles. The highest BCUT2D eigenvalue weighted by atomic mass is 31.2. The van der Waals surface area contributed by atoms with Crippen molar-refractivity contribution in [3.05, 3.63) is 71.8 Å². The van der Waals surface area contributed by atoms with Crippen molar-refractivity contribution in [1.29, 1.82) is 0 Å². The van der Waals surface area contributed by atoms with Gasteiger partial charge in [0.2, 0.25) is 0 Å². The summed E-state index contributed by atoms with van der Waals surface area (Å²) in [6.45, 7) is 11.4. The van der Waals surface area contributed by atoms with Crippen LogP contribution < -0.4 is 0 Å². The van der Waals surface area contributed by atoms with Crippen LogP contribution in [-0.2, 0) is 45.6 Å². The zero-order chi connectivity index (χ0) is 28.6. The molecular formula is C28H41O8PSi. The van der Waals surface area contributed by atoms with Gasteiger partial charge in [-0.3, -0.25) is 9.36 Å². The average molecular weight is 565 g/mol. The average Bonchev–Trinajstić information content (AvgIpc) is 2.86. The van der Waals surface area contributed by atoms with E-state index in [1.54, 1.807) is 0 Å². The van der Waals surface area contributed by atoms with Crippen LogP contribution in [0.5, 0.6) is 0 Å². The number of methoxy groups -OCH3 is 1. The van der Waals surface area contributed by atoms with Crippen LogP contribution in [-0.4, -0.2) is 44.7 Å². The zero-order valence-corrected chi connectivity index (χ0v) is 25.3. The fraction of sp³-hybridized carbons (Fsp3) is 0.500. The summed E-state index contributed by atoms with van der Waals surface area (Å²) in [5.74, 6) is -1.91. The fourth-order valence-electron chi connectivity index (χ4n) is 3.63. The topological polar surface area (TPSA) is 108 Å². The van der Waals surface area contributed by atoms with Gasteiger partial charge in [-0.05, 0) is 42.6 Å². The molecule has 0 spiro atoms. The number of carboxylic acids is 1. The van der Waals surface area contributed by atoms with Crippen LogP contribution in [0.25, 0.3) is 0 Å². The summed E-state index contributed by atoms with van der Waals surface area (Å²) in [6, 6.07) is 18.4. The quantitative estimate of drug-likeness (QED) is 0.154. The predicted molar refractivity (Wildman–Crippen MR) is 149 cm³/mol. The van der Waals surface area contributed by atoms with E-state index in [0.29, 0.717) is 0 Å². The third kappa shape index (κ3) is 9.17. The lowest BCUT2D eigenvalue weighted by molar-refractivity contribution is -0.156. The second kappa shape index (κ2) is 13.2. The molecule has 0 heterocycles. The second-order valence-electron chi connectivity index (χ2n) is 11.2. The molecule has 0 saturated carbocycles. The molecule has 2 atom stereocenters. The van der Waals surface area contributed by atoms with E-state index in [0.717, 1.165) is 11.1 Å². The van der Waals surface area contributed by atoms with Gasteiger partial charge in [0.25, 0.3) is 0 Å². The van der Waals surface area contributed by atoms with Gasteiger partial charge in [0.1, 0.15) is 6.10 Å². The summed E-state index contributed by atoms with van der Waals surface area (Å²) in [5, 5.41) is 9.78. The Labute approximate surface area is 227 Å². The van der Waals surface area contributed by atoms with Crippen LogP contribution in [0, 0.1) is 5.41 Å². The van der Waals surface area contributed by atoms with E-state index in [-0.39, 0.29) is 30.8 Å². The maximum atomic E-state index is 14.2. The molecule has 0 aromatic heterocycles. The summed E-state index contributed by atoms with van der Waals surface area (Å²) in [4.78, 5) is 25.4. The van der Waals surface area contributed by atoms with E-state index >= 15 is 0 Å². The molecule has 0 bridgehead atoms. The normalized spacial score (nSPS) is 14.9. The molecule has 0 aliphatic heterocycles. The number of carbonyl (C=O) groups is 2. The number of hydrogen-bond acceptors (Lipinski definition) is 7. The molecule has 0 fully saturated rings. The van der Waals surface area contributed by atoms with Crippen molar-refractivity contribution in [3.63, 3.8) is 0 Å². The lowest BCUT2D eigenvalue weighted by atomic mass is 9.86. The highest BCUT2D eigenvalue weighted by molar-refractivity contribution is 7.53. The molecule has 0 radical (unpaired) electrons. The van der Waals surface area contributed by atoms with E-state index < -0.39 is 39.4 Å². The van der Waals surface area contributed by atoms with Crippen molar-refractivity contribution >= 4 is 27.9 Å². The standard InChI is InChI=1S/C28H41O8PSi/c1-27(2,3)38(6,7)36-24(25(29)30)18-28(4,26(31)33-5)21-37(32,34-19-22-14-10-8-11-15-22)35-20-23-16-12-9-13-17-23/h8-17,24H,18-21H2,1-7H3,(H,29,30)/t24-,28+/m0/s1. The first-order valence-corrected chi connectivity index (χ1v) is 17.2. The molecule has 0 amide bonds. The monoisotopic (exact) mass is 564 g/mol. The molecule has 0 aliphatic rings. The summed E-state index contributed by atoms with van der Waals surface area (Å²) in [5.41, 5.74) is 0.0317. The smallest absolute Gasteiger partial charge is 0.332 e. The van der Waals surface area contributed by atoms with Gasteiger partial charge in [-0.1, -0.05) is 81.4 Å². The van der Waals surface area contributed by atoms with Gasteiger partial charge in [-0.25, -0.2) is 4.79 Å². The van der Waals surface area contributed by atoms with Crippen molar-refractivity contribution in [2.24, 2.45) is 5.41 Å². The minimum Gasteiger partial charge on any atom is -0.479 e. The summed E-state index contributed by atoms with van der Waals surface area (Å²) >= 11 is 0. The Hall–Kier alpha value is -2.29. The summed E-state index contributed by atoms with van der Waals surface area (Å²) in [7, 11) is -5.25. The number of hydrogen-bond donors (Lipinski definition) is 1. The highest BCUT2D eigenvalue weighted by Gasteiger charge is 2.49. The van der Waals surface area contributed by atoms with Crippen molar-refractivity contribution in [3.8, 4) is 0 Å². The first-order chi connectivity index (χ1) is 17.6. The largest absolute Gasteiger partial charge is 0.479 e. The van der Waals surface area contributed by atoms with E-state index in [2.05, 4.69) is 0 Å². The van der Waals surface area contributed by atoms with Crippen LogP contribution in [0.4, 0.5) is 0 Å². The van der Waals surface area contributed by atoms with Gasteiger partial charge in [-0.2, -0.15) is 0 Å². The van der Waals surface area contributed by atoms with Gasteiger partial charge >= 0.3 is 19.5 Å². The molecule has 0 aliphatic carbocycles. The number of esters is 1. The maximum absolute atomic E-state index is 14.2. The third-order valence-electron chi connectivity index (χ3n) is 6.92. The number of carboxylic acid groups (broad SMARTS) is 1. The number of benzene rings is 2. The lowest BCUT2D eigenvalue weighted by Gasteiger charge is -2.40. The SMILES string of the molecule is COC(=O)[C@](C)(C[C@H](O[Si](C)(C)C(C)(C)C)C(=O)O)CP(=O)(OCc1ccccc1)OCc1ccccc1. The van der Waals surface area contributed by atoms with Gasteiger partial charge < -0.3 is 23.3 Å². The van der Waals surface area contributed by atoms with Crippen LogP contribution in [0.15, 0.2) is 60.7 Å². The van der Waals surface area contributed by atoms with Gasteiger partial charge in [-0.15, -0.1) is 0 Å². The molecule has 1 N–H and O–H groups in total. The van der Waals surface area contributed by atoms with Crippen molar-refractivity contribution in [2.45, 2.75) is 71.6 Å². The van der Waals surface area contributed by atoms with E-state index in [9.17, 15) is 19.3 Å². The van der Waals surface area contributed by atoms with Crippen molar-refractivity contribution in [1.82, 2.24) is 0 Å². The molecular weight excluding hydrogens is 523 g/mol. The first kappa shape index (κ1) is 31.9. The Bertz CT molecular complexity index is 1050. The van der Waals surface area contributed by atoms with Crippen molar-refractivity contribution < 1.29 is 37.5 Å². The third-order valence-corrected chi connectivity index (χ3v) is 13.5. The fourth-order valence-corrected chi connectivity index (χ4v) is 6.94. The Kier molecular flexibility index (Phi) is 11.1. The molecule has 0 unspecified atom stereocenters. The van der Waals surface area contributed by atoms with E-state index in [1.165, 1.54) is 14.0 Å². The molecule has 2 aromatic rings. The maximum Gasteiger partial charge on any atom is 0.332 e.